The Bertz CT molecular complexity index is 751. The molecule has 0 saturated carbocycles. The van der Waals surface area contributed by atoms with E-state index in [4.69, 9.17) is 10.00 Å². The van der Waals surface area contributed by atoms with Gasteiger partial charge in [-0.15, -0.1) is 0 Å². The largest absolute Gasteiger partial charge is 0.471 e. The molecular weight excluding hydrogens is 299 g/mol. The highest BCUT2D eigenvalue weighted by molar-refractivity contribution is 5.90. The summed E-state index contributed by atoms with van der Waals surface area (Å²) in [6.07, 6.45) is 1.26. The topological polar surface area (TPSA) is 78.2 Å². The number of nitriles is 1. The van der Waals surface area contributed by atoms with E-state index in [1.807, 2.05) is 6.07 Å². The molecule has 1 N–H and O–H groups in total. The van der Waals surface area contributed by atoms with Crippen LogP contribution in [0.5, 0.6) is 5.88 Å². The quantitative estimate of drug-likeness (QED) is 0.944. The third-order valence-electron chi connectivity index (χ3n) is 3.40. The highest BCUT2D eigenvalue weighted by Gasteiger charge is 2.32. The molecule has 2 aromatic rings. The number of nitrogens with zero attached hydrogens (tertiary/aromatic N) is 3. The summed E-state index contributed by atoms with van der Waals surface area (Å²) in [4.78, 5) is 17.5. The van der Waals surface area contributed by atoms with Gasteiger partial charge in [0.05, 0.1) is 24.3 Å². The van der Waals surface area contributed by atoms with Crippen LogP contribution in [-0.2, 0) is 0 Å². The van der Waals surface area contributed by atoms with Gasteiger partial charge >= 0.3 is 6.03 Å². The monoisotopic (exact) mass is 312 g/mol. The second-order valence-electron chi connectivity index (χ2n) is 5.05. The number of carbonyl (C=O) groups is 1. The Morgan fingerprint density at radius 2 is 2.13 bits per heavy atom. The molecule has 0 unspecified atom stereocenters. The predicted octanol–water partition coefficient (Wildman–Crippen LogP) is 2.39. The van der Waals surface area contributed by atoms with Gasteiger partial charge in [-0.3, -0.25) is 0 Å². The highest BCUT2D eigenvalue weighted by Crippen LogP contribution is 2.19. The lowest BCUT2D eigenvalue weighted by Crippen LogP contribution is -2.57. The summed E-state index contributed by atoms with van der Waals surface area (Å²) < 4.78 is 19.1. The van der Waals surface area contributed by atoms with Crippen molar-refractivity contribution in [3.63, 3.8) is 0 Å². The van der Waals surface area contributed by atoms with Crippen molar-refractivity contribution in [2.24, 2.45) is 0 Å². The van der Waals surface area contributed by atoms with E-state index >= 15 is 0 Å². The summed E-state index contributed by atoms with van der Waals surface area (Å²) >= 11 is 0. The number of para-hydroxylation sites is 1. The van der Waals surface area contributed by atoms with Crippen LogP contribution in [-0.4, -0.2) is 35.1 Å². The molecular formula is C16H13FN4O2. The minimum absolute atomic E-state index is 0.149. The Labute approximate surface area is 132 Å². The molecule has 6 nitrogen and oxygen atoms in total. The number of nitrogens with one attached hydrogen (secondary N) is 1. The van der Waals surface area contributed by atoms with Gasteiger partial charge in [0.2, 0.25) is 5.88 Å². The van der Waals surface area contributed by atoms with Gasteiger partial charge in [0.25, 0.3) is 0 Å². The fraction of sp³-hybridized carbons (Fsp3) is 0.188. The molecule has 0 aliphatic carbocycles. The molecule has 1 aromatic heterocycles. The van der Waals surface area contributed by atoms with Gasteiger partial charge < -0.3 is 15.0 Å². The second kappa shape index (κ2) is 6.32. The Hall–Kier alpha value is -3.14. The van der Waals surface area contributed by atoms with E-state index in [9.17, 15) is 9.18 Å². The first-order valence-electron chi connectivity index (χ1n) is 6.99. The number of urea groups is 1. The normalized spacial score (nSPS) is 13.8. The average Bonchev–Trinajstić information content (AvgIpc) is 2.53. The fourth-order valence-electron chi connectivity index (χ4n) is 2.12. The van der Waals surface area contributed by atoms with E-state index in [-0.39, 0.29) is 17.8 Å². The first-order valence-corrected chi connectivity index (χ1v) is 6.99. The number of benzene rings is 1. The number of hydrogen-bond acceptors (Lipinski definition) is 4. The average molecular weight is 312 g/mol. The van der Waals surface area contributed by atoms with E-state index in [0.29, 0.717) is 24.5 Å². The predicted molar refractivity (Wildman–Crippen MR) is 80.4 cm³/mol. The number of ether oxygens (including phenoxy) is 1. The SMILES string of the molecule is N#Cc1ccc(OC2CN(C(=O)Nc3ccccc3F)C2)nc1. The second-order valence-corrected chi connectivity index (χ2v) is 5.05. The number of halogens is 1. The van der Waals surface area contributed by atoms with Crippen LogP contribution in [0.4, 0.5) is 14.9 Å². The van der Waals surface area contributed by atoms with E-state index in [2.05, 4.69) is 10.3 Å². The highest BCUT2D eigenvalue weighted by atomic mass is 19.1. The first kappa shape index (κ1) is 14.8. The Balaban J connectivity index is 1.49. The van der Waals surface area contributed by atoms with Crippen molar-refractivity contribution in [1.29, 1.82) is 5.26 Å². The van der Waals surface area contributed by atoms with Crippen molar-refractivity contribution in [3.8, 4) is 11.9 Å². The smallest absolute Gasteiger partial charge is 0.322 e. The molecule has 23 heavy (non-hydrogen) atoms. The standard InChI is InChI=1S/C16H13FN4O2/c17-13-3-1-2-4-14(13)20-16(22)21-9-12(10-21)23-15-6-5-11(7-18)8-19-15/h1-6,8,12H,9-10H2,(H,20,22). The van der Waals surface area contributed by atoms with Crippen LogP contribution in [0, 0.1) is 17.1 Å². The van der Waals surface area contributed by atoms with Crippen LogP contribution in [0.2, 0.25) is 0 Å². The van der Waals surface area contributed by atoms with Crippen LogP contribution in [0.25, 0.3) is 0 Å². The first-order chi connectivity index (χ1) is 11.2. The van der Waals surface area contributed by atoms with Crippen molar-refractivity contribution in [3.05, 3.63) is 54.0 Å². The Kier molecular flexibility index (Phi) is 4.06. The third kappa shape index (κ3) is 3.37. The van der Waals surface area contributed by atoms with Crippen molar-refractivity contribution in [1.82, 2.24) is 9.88 Å². The lowest BCUT2D eigenvalue weighted by atomic mass is 10.2. The van der Waals surface area contributed by atoms with Crippen molar-refractivity contribution < 1.29 is 13.9 Å². The van der Waals surface area contributed by atoms with Gasteiger partial charge in [-0.25, -0.2) is 14.2 Å². The van der Waals surface area contributed by atoms with Crippen LogP contribution in [0.15, 0.2) is 42.6 Å². The molecule has 116 valence electrons. The molecule has 1 fully saturated rings. The van der Waals surface area contributed by atoms with Gasteiger partial charge in [-0.05, 0) is 18.2 Å². The Morgan fingerprint density at radius 1 is 1.35 bits per heavy atom. The number of carbonyl (C=O) groups excluding carboxylic acids is 1. The molecule has 0 radical (unpaired) electrons. The lowest BCUT2D eigenvalue weighted by Gasteiger charge is -2.38. The minimum atomic E-state index is -0.476. The zero-order valence-electron chi connectivity index (χ0n) is 12.1. The van der Waals surface area contributed by atoms with E-state index in [1.54, 1.807) is 24.3 Å². The van der Waals surface area contributed by atoms with Crippen LogP contribution < -0.4 is 10.1 Å². The number of likely N-dealkylation sites (tertiary alicyclic amines) is 1. The Morgan fingerprint density at radius 3 is 2.78 bits per heavy atom. The van der Waals surface area contributed by atoms with Crippen molar-refractivity contribution in [2.45, 2.75) is 6.10 Å². The summed E-state index contributed by atoms with van der Waals surface area (Å²) in [6, 6.07) is 10.8. The molecule has 0 bridgehead atoms. The number of anilines is 1. The number of amides is 2. The molecule has 1 saturated heterocycles. The molecule has 0 atom stereocenters. The zero-order valence-corrected chi connectivity index (χ0v) is 12.1. The molecule has 7 heteroatoms. The summed E-state index contributed by atoms with van der Waals surface area (Å²) in [5.41, 5.74) is 0.604. The maximum Gasteiger partial charge on any atom is 0.322 e. The van der Waals surface area contributed by atoms with Crippen molar-refractivity contribution in [2.75, 3.05) is 18.4 Å². The molecule has 0 spiro atoms. The number of rotatable bonds is 3. The molecule has 2 amide bonds. The molecule has 1 aliphatic heterocycles. The van der Waals surface area contributed by atoms with Gasteiger partial charge in [-0.2, -0.15) is 5.26 Å². The maximum absolute atomic E-state index is 13.5. The third-order valence-corrected chi connectivity index (χ3v) is 3.40. The number of pyridine rings is 1. The summed E-state index contributed by atoms with van der Waals surface area (Å²) in [5.74, 6) is -0.0703. The molecule has 3 rings (SSSR count). The number of hydrogen-bond donors (Lipinski definition) is 1. The molecule has 1 aliphatic rings. The van der Waals surface area contributed by atoms with Gasteiger partial charge in [-0.1, -0.05) is 12.1 Å². The van der Waals surface area contributed by atoms with Gasteiger partial charge in [0.15, 0.2) is 0 Å². The molecule has 2 heterocycles. The molecule has 1 aromatic carbocycles. The van der Waals surface area contributed by atoms with Gasteiger partial charge in [0, 0.05) is 12.3 Å². The lowest BCUT2D eigenvalue weighted by molar-refractivity contribution is 0.0460. The maximum atomic E-state index is 13.5. The van der Waals surface area contributed by atoms with Crippen LogP contribution >= 0.6 is 0 Å². The summed E-state index contributed by atoms with van der Waals surface area (Å²) in [5, 5.41) is 11.2. The summed E-state index contributed by atoms with van der Waals surface area (Å²) in [7, 11) is 0. The van der Waals surface area contributed by atoms with E-state index < -0.39 is 5.82 Å². The van der Waals surface area contributed by atoms with E-state index in [0.717, 1.165) is 0 Å². The van der Waals surface area contributed by atoms with Crippen LogP contribution in [0.1, 0.15) is 5.56 Å². The van der Waals surface area contributed by atoms with Crippen molar-refractivity contribution >= 4 is 11.7 Å². The minimum Gasteiger partial charge on any atom is -0.471 e. The van der Waals surface area contributed by atoms with Crippen LogP contribution in [0.3, 0.4) is 0 Å². The number of aromatic nitrogens is 1. The zero-order chi connectivity index (χ0) is 16.2. The summed E-state index contributed by atoms with van der Waals surface area (Å²) in [6.45, 7) is 0.782. The van der Waals surface area contributed by atoms with Gasteiger partial charge in [0.1, 0.15) is 18.0 Å². The van der Waals surface area contributed by atoms with E-state index in [1.165, 1.54) is 23.2 Å². The fourth-order valence-corrected chi connectivity index (χ4v) is 2.12.